The predicted molar refractivity (Wildman–Crippen MR) is 59.8 cm³/mol. The van der Waals surface area contributed by atoms with Crippen LogP contribution in [0.3, 0.4) is 0 Å². The van der Waals surface area contributed by atoms with Crippen LogP contribution in [-0.4, -0.2) is 31.2 Å². The zero-order valence-corrected chi connectivity index (χ0v) is 9.48. The molecule has 1 saturated heterocycles. The van der Waals surface area contributed by atoms with E-state index in [1.54, 1.807) is 0 Å². The topological polar surface area (TPSA) is 12.5 Å². The summed E-state index contributed by atoms with van der Waals surface area (Å²) in [7, 11) is 0. The summed E-state index contributed by atoms with van der Waals surface area (Å²) in [6.07, 6.45) is 1.17. The van der Waals surface area contributed by atoms with Crippen molar-refractivity contribution in [3.8, 4) is 0 Å². The van der Waals surface area contributed by atoms with Gasteiger partial charge < -0.3 is 4.74 Å². The lowest BCUT2D eigenvalue weighted by Crippen LogP contribution is -2.25. The van der Waals surface area contributed by atoms with Gasteiger partial charge in [-0.15, -0.1) is 11.3 Å². The van der Waals surface area contributed by atoms with Crippen LogP contribution in [0.15, 0.2) is 11.4 Å². The zero-order chi connectivity index (χ0) is 9.80. The zero-order valence-electron chi connectivity index (χ0n) is 8.66. The molecule has 0 aliphatic carbocycles. The minimum atomic E-state index is 0.893. The van der Waals surface area contributed by atoms with Crippen molar-refractivity contribution < 1.29 is 4.74 Å². The van der Waals surface area contributed by atoms with Crippen molar-refractivity contribution >= 4 is 11.3 Å². The minimum absolute atomic E-state index is 0.893. The second-order valence-electron chi connectivity index (χ2n) is 3.83. The third-order valence-corrected chi connectivity index (χ3v) is 3.52. The number of ether oxygens (including phenoxy) is 1. The number of hydrogen-bond donors (Lipinski definition) is 0. The molecule has 1 fully saturated rings. The van der Waals surface area contributed by atoms with Crippen LogP contribution in [0.2, 0.25) is 0 Å². The third-order valence-electron chi connectivity index (χ3n) is 2.48. The predicted octanol–water partition coefficient (Wildman–Crippen LogP) is 2.28. The first-order chi connectivity index (χ1) is 6.84. The first-order valence-corrected chi connectivity index (χ1v) is 6.07. The third kappa shape index (κ3) is 2.80. The molecule has 0 atom stereocenters. The summed E-state index contributed by atoms with van der Waals surface area (Å²) in [4.78, 5) is 3.96. The van der Waals surface area contributed by atoms with Crippen LogP contribution in [0, 0.1) is 6.92 Å². The van der Waals surface area contributed by atoms with Gasteiger partial charge in [-0.1, -0.05) is 0 Å². The van der Waals surface area contributed by atoms with Crippen molar-refractivity contribution in [2.24, 2.45) is 0 Å². The SMILES string of the molecule is Cc1csc(CN2CCCOCC2)c1. The van der Waals surface area contributed by atoms with E-state index in [4.69, 9.17) is 4.74 Å². The fourth-order valence-electron chi connectivity index (χ4n) is 1.75. The van der Waals surface area contributed by atoms with E-state index in [9.17, 15) is 0 Å². The van der Waals surface area contributed by atoms with Crippen molar-refractivity contribution in [2.75, 3.05) is 26.3 Å². The van der Waals surface area contributed by atoms with Gasteiger partial charge in [-0.2, -0.15) is 0 Å². The molecule has 14 heavy (non-hydrogen) atoms. The molecule has 1 aliphatic rings. The molecule has 0 amide bonds. The molecule has 2 nitrogen and oxygen atoms in total. The Balaban J connectivity index is 1.89. The van der Waals surface area contributed by atoms with Gasteiger partial charge in [0.05, 0.1) is 6.61 Å². The molecule has 1 aromatic heterocycles. The standard InChI is InChI=1S/C11H17NOS/c1-10-7-11(14-9-10)8-12-3-2-5-13-6-4-12/h7,9H,2-6,8H2,1H3. The molecular formula is C11H17NOS. The van der Waals surface area contributed by atoms with E-state index < -0.39 is 0 Å². The number of nitrogens with zero attached hydrogens (tertiary/aromatic N) is 1. The first-order valence-electron chi connectivity index (χ1n) is 5.19. The van der Waals surface area contributed by atoms with Crippen molar-refractivity contribution in [1.29, 1.82) is 0 Å². The highest BCUT2D eigenvalue weighted by molar-refractivity contribution is 7.10. The van der Waals surface area contributed by atoms with Gasteiger partial charge in [0.25, 0.3) is 0 Å². The molecule has 3 heteroatoms. The molecule has 1 aromatic rings. The average Bonchev–Trinajstić information content (AvgIpc) is 2.43. The van der Waals surface area contributed by atoms with Crippen molar-refractivity contribution in [2.45, 2.75) is 19.9 Å². The summed E-state index contributed by atoms with van der Waals surface area (Å²) in [5.41, 5.74) is 1.39. The molecule has 1 aliphatic heterocycles. The van der Waals surface area contributed by atoms with Gasteiger partial charge >= 0.3 is 0 Å². The van der Waals surface area contributed by atoms with Gasteiger partial charge in [0, 0.05) is 31.1 Å². The molecule has 2 rings (SSSR count). The monoisotopic (exact) mass is 211 g/mol. The number of rotatable bonds is 2. The maximum absolute atomic E-state index is 5.43. The summed E-state index contributed by atoms with van der Waals surface area (Å²) in [6.45, 7) is 7.34. The van der Waals surface area contributed by atoms with E-state index >= 15 is 0 Å². The quantitative estimate of drug-likeness (QED) is 0.744. The molecule has 0 unspecified atom stereocenters. The molecule has 0 N–H and O–H groups in total. The molecule has 0 saturated carbocycles. The Hall–Kier alpha value is -0.380. The fraction of sp³-hybridized carbons (Fsp3) is 0.636. The van der Waals surface area contributed by atoms with Gasteiger partial charge in [-0.05, 0) is 30.4 Å². The Kier molecular flexibility index (Phi) is 3.56. The Bertz CT molecular complexity index is 277. The lowest BCUT2D eigenvalue weighted by atomic mass is 10.3. The van der Waals surface area contributed by atoms with Gasteiger partial charge in [0.2, 0.25) is 0 Å². The van der Waals surface area contributed by atoms with E-state index in [0.717, 1.165) is 26.3 Å². The van der Waals surface area contributed by atoms with Gasteiger partial charge in [-0.25, -0.2) is 0 Å². The van der Waals surface area contributed by atoms with Gasteiger partial charge in [-0.3, -0.25) is 4.90 Å². The summed E-state index contributed by atoms with van der Waals surface area (Å²) < 4.78 is 5.43. The van der Waals surface area contributed by atoms with E-state index in [2.05, 4.69) is 23.3 Å². The van der Waals surface area contributed by atoms with Crippen LogP contribution in [-0.2, 0) is 11.3 Å². The molecule has 78 valence electrons. The van der Waals surface area contributed by atoms with Crippen LogP contribution in [0.5, 0.6) is 0 Å². The highest BCUT2D eigenvalue weighted by atomic mass is 32.1. The van der Waals surface area contributed by atoms with E-state index in [1.165, 1.54) is 23.4 Å². The second-order valence-corrected chi connectivity index (χ2v) is 4.83. The smallest absolute Gasteiger partial charge is 0.0593 e. The molecule has 0 aromatic carbocycles. The highest BCUT2D eigenvalue weighted by Crippen LogP contribution is 2.16. The largest absolute Gasteiger partial charge is 0.380 e. The van der Waals surface area contributed by atoms with Crippen molar-refractivity contribution in [1.82, 2.24) is 4.90 Å². The average molecular weight is 211 g/mol. The number of hydrogen-bond acceptors (Lipinski definition) is 3. The minimum Gasteiger partial charge on any atom is -0.380 e. The summed E-state index contributed by atoms with van der Waals surface area (Å²) in [6, 6.07) is 2.29. The molecule has 0 bridgehead atoms. The normalized spacial score (nSPS) is 19.5. The van der Waals surface area contributed by atoms with Gasteiger partial charge in [0.1, 0.15) is 0 Å². The fourth-order valence-corrected chi connectivity index (χ4v) is 2.67. The maximum Gasteiger partial charge on any atom is 0.0593 e. The van der Waals surface area contributed by atoms with Crippen LogP contribution >= 0.6 is 11.3 Å². The summed E-state index contributed by atoms with van der Waals surface area (Å²) >= 11 is 1.87. The molecule has 0 radical (unpaired) electrons. The van der Waals surface area contributed by atoms with Crippen LogP contribution < -0.4 is 0 Å². The van der Waals surface area contributed by atoms with Gasteiger partial charge in [0.15, 0.2) is 0 Å². The first kappa shape index (κ1) is 10.1. The van der Waals surface area contributed by atoms with Crippen LogP contribution in [0.1, 0.15) is 16.9 Å². The lowest BCUT2D eigenvalue weighted by molar-refractivity contribution is 0.140. The molecule has 2 heterocycles. The Morgan fingerprint density at radius 1 is 1.43 bits per heavy atom. The van der Waals surface area contributed by atoms with E-state index in [1.807, 2.05) is 11.3 Å². The highest BCUT2D eigenvalue weighted by Gasteiger charge is 2.10. The molecular weight excluding hydrogens is 194 g/mol. The van der Waals surface area contributed by atoms with Crippen molar-refractivity contribution in [3.63, 3.8) is 0 Å². The second kappa shape index (κ2) is 4.91. The maximum atomic E-state index is 5.43. The number of aryl methyl sites for hydroxylation is 1. The Morgan fingerprint density at radius 2 is 2.36 bits per heavy atom. The van der Waals surface area contributed by atoms with Crippen LogP contribution in [0.4, 0.5) is 0 Å². The van der Waals surface area contributed by atoms with E-state index in [0.29, 0.717) is 0 Å². The van der Waals surface area contributed by atoms with Crippen LogP contribution in [0.25, 0.3) is 0 Å². The molecule has 0 spiro atoms. The lowest BCUT2D eigenvalue weighted by Gasteiger charge is -2.17. The Labute approximate surface area is 89.5 Å². The summed E-state index contributed by atoms with van der Waals surface area (Å²) in [5, 5.41) is 2.23. The van der Waals surface area contributed by atoms with Crippen molar-refractivity contribution in [3.05, 3.63) is 21.9 Å². The van der Waals surface area contributed by atoms with E-state index in [-0.39, 0.29) is 0 Å². The number of thiophene rings is 1. The Morgan fingerprint density at radius 3 is 3.14 bits per heavy atom. The summed E-state index contributed by atoms with van der Waals surface area (Å²) in [5.74, 6) is 0.